The number of aromatic nitrogens is 2. The van der Waals surface area contributed by atoms with Gasteiger partial charge in [0.05, 0.1) is 36.5 Å². The number of aliphatic hydroxyl groups excluding tert-OH is 1. The van der Waals surface area contributed by atoms with Crippen LogP contribution in [0.4, 0.5) is 0 Å². The molecular weight excluding hydrogens is 220 g/mol. The Morgan fingerprint density at radius 3 is 3.00 bits per heavy atom. The van der Waals surface area contributed by atoms with Gasteiger partial charge in [-0.2, -0.15) is 5.26 Å². The summed E-state index contributed by atoms with van der Waals surface area (Å²) in [5, 5.41) is 17.7. The van der Waals surface area contributed by atoms with E-state index in [0.29, 0.717) is 17.0 Å². The third kappa shape index (κ3) is 2.24. The monoisotopic (exact) mass is 228 g/mol. The predicted octanol–water partition coefficient (Wildman–Crippen LogP) is 0.103. The van der Waals surface area contributed by atoms with Gasteiger partial charge in [0, 0.05) is 11.8 Å². The van der Waals surface area contributed by atoms with Crippen molar-refractivity contribution in [3.63, 3.8) is 0 Å². The van der Waals surface area contributed by atoms with E-state index < -0.39 is 11.8 Å². The summed E-state index contributed by atoms with van der Waals surface area (Å²) in [4.78, 5) is 22.8. The van der Waals surface area contributed by atoms with Crippen molar-refractivity contribution in [3.8, 4) is 6.07 Å². The van der Waals surface area contributed by atoms with Gasteiger partial charge in [0.1, 0.15) is 5.92 Å². The molecule has 0 saturated heterocycles. The number of nitrogens with zero attached hydrogens (tertiary/aromatic N) is 4. The maximum atomic E-state index is 11.2. The van der Waals surface area contributed by atoms with E-state index in [-0.39, 0.29) is 6.61 Å². The summed E-state index contributed by atoms with van der Waals surface area (Å²) in [6.45, 7) is -0.216. The molecule has 6 heteroatoms. The van der Waals surface area contributed by atoms with E-state index in [0.717, 1.165) is 0 Å². The van der Waals surface area contributed by atoms with Crippen LogP contribution in [-0.2, 0) is 11.4 Å². The number of dihydropyridines is 1. The molecule has 17 heavy (non-hydrogen) atoms. The van der Waals surface area contributed by atoms with Crippen molar-refractivity contribution in [2.75, 3.05) is 0 Å². The summed E-state index contributed by atoms with van der Waals surface area (Å²) in [5.74, 6) is -1.36. The third-order valence-corrected chi connectivity index (χ3v) is 2.22. The normalized spacial score (nSPS) is 18.7. The fourth-order valence-electron chi connectivity index (χ4n) is 1.37. The number of hydrogen-bond donors (Lipinski definition) is 1. The molecule has 0 saturated carbocycles. The Bertz CT molecular complexity index is 557. The predicted molar refractivity (Wildman–Crippen MR) is 58.5 cm³/mol. The second-order valence-electron chi connectivity index (χ2n) is 3.38. The molecule has 0 spiro atoms. The maximum absolute atomic E-state index is 11.2. The first-order valence-electron chi connectivity index (χ1n) is 4.86. The molecule has 84 valence electrons. The Kier molecular flexibility index (Phi) is 3.03. The summed E-state index contributed by atoms with van der Waals surface area (Å²) in [6.07, 6.45) is 5.76. The number of aliphatic imine (C=N–C) groups is 1. The molecule has 1 aromatic rings. The summed E-state index contributed by atoms with van der Waals surface area (Å²) in [7, 11) is 0. The number of aliphatic hydroxyl groups is 1. The van der Waals surface area contributed by atoms with E-state index in [1.165, 1.54) is 24.7 Å². The maximum Gasteiger partial charge on any atom is 0.266 e. The van der Waals surface area contributed by atoms with Crippen molar-refractivity contribution in [1.29, 1.82) is 5.26 Å². The number of hydrogen-bond acceptors (Lipinski definition) is 5. The molecule has 2 heterocycles. The Morgan fingerprint density at radius 2 is 2.29 bits per heavy atom. The molecule has 0 radical (unpaired) electrons. The topological polar surface area (TPSA) is 99.2 Å². The zero-order valence-electron chi connectivity index (χ0n) is 8.74. The minimum atomic E-state index is -0.880. The standard InChI is InChI=1S/C11H8N4O2/c12-2-7-1-8(3-14-11(7)17)10-5-13-4-9(6-16)15-10/h1,3-5,7,16H,6H2. The number of amides is 1. The van der Waals surface area contributed by atoms with E-state index in [1.54, 1.807) is 0 Å². The van der Waals surface area contributed by atoms with Crippen LogP contribution in [0.2, 0.25) is 0 Å². The molecule has 1 atom stereocenters. The molecule has 0 aromatic carbocycles. The van der Waals surface area contributed by atoms with Crippen LogP contribution < -0.4 is 0 Å². The number of rotatable bonds is 2. The van der Waals surface area contributed by atoms with E-state index in [2.05, 4.69) is 15.0 Å². The number of nitriles is 1. The van der Waals surface area contributed by atoms with Gasteiger partial charge >= 0.3 is 0 Å². The van der Waals surface area contributed by atoms with Crippen LogP contribution in [0.1, 0.15) is 11.4 Å². The van der Waals surface area contributed by atoms with E-state index in [4.69, 9.17) is 10.4 Å². The molecule has 1 N–H and O–H groups in total. The third-order valence-electron chi connectivity index (χ3n) is 2.22. The zero-order chi connectivity index (χ0) is 12.3. The van der Waals surface area contributed by atoms with Crippen LogP contribution in [0.5, 0.6) is 0 Å². The smallest absolute Gasteiger partial charge is 0.266 e. The van der Waals surface area contributed by atoms with Gasteiger partial charge in [0.25, 0.3) is 5.91 Å². The fraction of sp³-hybridized carbons (Fsp3) is 0.182. The number of carbonyl (C=O) groups excluding carboxylic acids is 1. The Morgan fingerprint density at radius 1 is 1.47 bits per heavy atom. The first-order valence-corrected chi connectivity index (χ1v) is 4.86. The SMILES string of the molecule is N#CC1C=C(c2cncc(CO)n2)C=NC1=O. The van der Waals surface area contributed by atoms with Crippen molar-refractivity contribution >= 4 is 17.7 Å². The highest BCUT2D eigenvalue weighted by Gasteiger charge is 2.19. The zero-order valence-corrected chi connectivity index (χ0v) is 8.74. The van der Waals surface area contributed by atoms with Crippen molar-refractivity contribution in [2.24, 2.45) is 10.9 Å². The van der Waals surface area contributed by atoms with Gasteiger partial charge in [-0.3, -0.25) is 9.78 Å². The van der Waals surface area contributed by atoms with Gasteiger partial charge in [-0.15, -0.1) is 0 Å². The molecular formula is C11H8N4O2. The highest BCUT2D eigenvalue weighted by Crippen LogP contribution is 2.17. The molecule has 1 amide bonds. The van der Waals surface area contributed by atoms with Crippen LogP contribution >= 0.6 is 0 Å². The van der Waals surface area contributed by atoms with Gasteiger partial charge in [-0.1, -0.05) is 0 Å². The second-order valence-corrected chi connectivity index (χ2v) is 3.38. The molecule has 6 nitrogen and oxygen atoms in total. The Labute approximate surface area is 97.0 Å². The minimum absolute atomic E-state index is 0.216. The molecule has 0 fully saturated rings. The van der Waals surface area contributed by atoms with Crippen LogP contribution in [0.3, 0.4) is 0 Å². The van der Waals surface area contributed by atoms with Crippen molar-refractivity contribution in [3.05, 3.63) is 29.9 Å². The molecule has 1 aliphatic rings. The van der Waals surface area contributed by atoms with E-state index in [9.17, 15) is 4.79 Å². The Balaban J connectivity index is 2.38. The highest BCUT2D eigenvalue weighted by atomic mass is 16.3. The first kappa shape index (κ1) is 11.1. The Hall–Kier alpha value is -2.39. The van der Waals surface area contributed by atoms with Crippen LogP contribution in [-0.4, -0.2) is 27.2 Å². The fourth-order valence-corrected chi connectivity index (χ4v) is 1.37. The summed E-state index contributed by atoms with van der Waals surface area (Å²) >= 11 is 0. The van der Waals surface area contributed by atoms with Gasteiger partial charge < -0.3 is 5.11 Å². The lowest BCUT2D eigenvalue weighted by molar-refractivity contribution is -0.118. The largest absolute Gasteiger partial charge is 0.390 e. The van der Waals surface area contributed by atoms with Gasteiger partial charge in [-0.05, 0) is 6.08 Å². The average molecular weight is 228 g/mol. The van der Waals surface area contributed by atoms with Gasteiger partial charge in [-0.25, -0.2) is 9.98 Å². The van der Waals surface area contributed by atoms with Crippen LogP contribution in [0, 0.1) is 17.2 Å². The molecule has 0 aliphatic carbocycles. The summed E-state index contributed by atoms with van der Waals surface area (Å²) < 4.78 is 0. The summed E-state index contributed by atoms with van der Waals surface area (Å²) in [5.41, 5.74) is 1.45. The molecule has 1 aliphatic heterocycles. The lowest BCUT2D eigenvalue weighted by atomic mass is 10.0. The van der Waals surface area contributed by atoms with Crippen molar-refractivity contribution < 1.29 is 9.90 Å². The first-order chi connectivity index (χ1) is 8.24. The lowest BCUT2D eigenvalue weighted by Gasteiger charge is -2.08. The minimum Gasteiger partial charge on any atom is -0.390 e. The van der Waals surface area contributed by atoms with Crippen molar-refractivity contribution in [1.82, 2.24) is 9.97 Å². The lowest BCUT2D eigenvalue weighted by Crippen LogP contribution is -2.13. The quantitative estimate of drug-likeness (QED) is 0.774. The summed E-state index contributed by atoms with van der Waals surface area (Å²) in [6, 6.07) is 1.84. The van der Waals surface area contributed by atoms with Crippen LogP contribution in [0.25, 0.3) is 5.57 Å². The number of carbonyl (C=O) groups is 1. The van der Waals surface area contributed by atoms with Gasteiger partial charge in [0.2, 0.25) is 0 Å². The molecule has 0 bridgehead atoms. The highest BCUT2D eigenvalue weighted by molar-refractivity contribution is 6.16. The van der Waals surface area contributed by atoms with E-state index in [1.807, 2.05) is 6.07 Å². The van der Waals surface area contributed by atoms with E-state index >= 15 is 0 Å². The number of allylic oxidation sites excluding steroid dienone is 1. The van der Waals surface area contributed by atoms with Gasteiger partial charge in [0.15, 0.2) is 0 Å². The molecule has 2 rings (SSSR count). The molecule has 1 aromatic heterocycles. The molecule has 1 unspecified atom stereocenters. The second kappa shape index (κ2) is 4.63. The average Bonchev–Trinajstić information content (AvgIpc) is 2.39. The van der Waals surface area contributed by atoms with Crippen molar-refractivity contribution in [2.45, 2.75) is 6.61 Å². The van der Waals surface area contributed by atoms with Crippen LogP contribution in [0.15, 0.2) is 23.5 Å².